The third-order valence-corrected chi connectivity index (χ3v) is 13.4. The molecular weight excluding hydrogens is 799 g/mol. The molecule has 0 fully saturated rings. The van der Waals surface area contributed by atoms with Crippen LogP contribution in [0, 0.1) is 0 Å². The Morgan fingerprint density at radius 1 is 0.273 bits per heavy atom. The lowest BCUT2D eigenvalue weighted by Gasteiger charge is -2.27. The molecule has 12 aromatic carbocycles. The molecule has 13 aromatic rings. The summed E-state index contributed by atoms with van der Waals surface area (Å²) in [4.78, 5) is 2.41. The van der Waals surface area contributed by atoms with Crippen molar-refractivity contribution in [3.8, 4) is 44.5 Å². The summed E-state index contributed by atoms with van der Waals surface area (Å²) in [6, 6.07) is 90.2. The van der Waals surface area contributed by atoms with Gasteiger partial charge in [-0.2, -0.15) is 0 Å². The van der Waals surface area contributed by atoms with Crippen LogP contribution in [-0.4, -0.2) is 0 Å². The van der Waals surface area contributed by atoms with Crippen LogP contribution in [0.5, 0.6) is 0 Å². The molecule has 0 saturated carbocycles. The third-order valence-electron chi connectivity index (χ3n) is 13.4. The van der Waals surface area contributed by atoms with Crippen LogP contribution in [0.15, 0.2) is 253 Å². The summed E-state index contributed by atoms with van der Waals surface area (Å²) in [5, 5.41) is 12.2. The lowest BCUT2D eigenvalue weighted by molar-refractivity contribution is 0.670. The van der Waals surface area contributed by atoms with Crippen LogP contribution < -0.4 is 4.90 Å². The first kappa shape index (κ1) is 37.8. The van der Waals surface area contributed by atoms with E-state index in [1.165, 1.54) is 65.3 Å². The van der Waals surface area contributed by atoms with Gasteiger partial charge in [0.2, 0.25) is 0 Å². The number of rotatable bonds is 7. The lowest BCUT2D eigenvalue weighted by atomic mass is 9.92. The molecule has 0 aliphatic rings. The summed E-state index contributed by atoms with van der Waals surface area (Å²) in [6.07, 6.45) is 0. The monoisotopic (exact) mass is 839 g/mol. The zero-order chi connectivity index (χ0) is 43.6. The molecule has 13 rings (SSSR count). The maximum Gasteiger partial charge on any atom is 0.145 e. The van der Waals surface area contributed by atoms with E-state index in [0.717, 1.165) is 61.3 Å². The zero-order valence-electron chi connectivity index (χ0n) is 36.0. The average molecular weight is 840 g/mol. The molecule has 0 amide bonds. The van der Waals surface area contributed by atoms with Gasteiger partial charge in [0.1, 0.15) is 11.2 Å². The summed E-state index contributed by atoms with van der Waals surface area (Å²) in [5.41, 5.74) is 14.1. The van der Waals surface area contributed by atoms with Crippen LogP contribution >= 0.6 is 0 Å². The molecule has 308 valence electrons. The second kappa shape index (κ2) is 15.5. The maximum absolute atomic E-state index is 6.91. The Labute approximate surface area is 382 Å². The van der Waals surface area contributed by atoms with Crippen LogP contribution in [0.3, 0.4) is 0 Å². The smallest absolute Gasteiger partial charge is 0.145 e. The fraction of sp³-hybridized carbons (Fsp3) is 0. The summed E-state index contributed by atoms with van der Waals surface area (Å²) in [7, 11) is 0. The third kappa shape index (κ3) is 6.26. The first-order valence-electron chi connectivity index (χ1n) is 22.7. The van der Waals surface area contributed by atoms with E-state index in [1.54, 1.807) is 0 Å². The van der Waals surface area contributed by atoms with Gasteiger partial charge in [0, 0.05) is 22.3 Å². The van der Waals surface area contributed by atoms with Crippen molar-refractivity contribution >= 4 is 82.1 Å². The fourth-order valence-corrected chi connectivity index (χ4v) is 10.3. The van der Waals surface area contributed by atoms with Crippen molar-refractivity contribution in [2.24, 2.45) is 0 Å². The second-order valence-corrected chi connectivity index (χ2v) is 17.2. The minimum atomic E-state index is 0.861. The van der Waals surface area contributed by atoms with Crippen LogP contribution in [-0.2, 0) is 0 Å². The van der Waals surface area contributed by atoms with E-state index >= 15 is 0 Å². The van der Waals surface area contributed by atoms with E-state index in [-0.39, 0.29) is 0 Å². The Kier molecular flexibility index (Phi) is 8.89. The van der Waals surface area contributed by atoms with Crippen molar-refractivity contribution in [2.45, 2.75) is 0 Å². The van der Waals surface area contributed by atoms with E-state index in [2.05, 4.69) is 254 Å². The Balaban J connectivity index is 1.01. The van der Waals surface area contributed by atoms with E-state index in [4.69, 9.17) is 4.42 Å². The molecule has 1 heterocycles. The minimum Gasteiger partial charge on any atom is -0.455 e. The van der Waals surface area contributed by atoms with Crippen LogP contribution in [0.4, 0.5) is 17.1 Å². The molecule has 0 aliphatic carbocycles. The van der Waals surface area contributed by atoms with Gasteiger partial charge in [0.05, 0.1) is 11.1 Å². The molecule has 0 bridgehead atoms. The van der Waals surface area contributed by atoms with Gasteiger partial charge in [-0.15, -0.1) is 0 Å². The molecule has 2 heteroatoms. The maximum atomic E-state index is 6.91. The largest absolute Gasteiger partial charge is 0.455 e. The quantitative estimate of drug-likeness (QED) is 0.149. The minimum absolute atomic E-state index is 0.861. The fourth-order valence-electron chi connectivity index (χ4n) is 10.3. The molecule has 0 unspecified atom stereocenters. The van der Waals surface area contributed by atoms with E-state index in [9.17, 15) is 0 Å². The van der Waals surface area contributed by atoms with E-state index in [1.807, 2.05) is 0 Å². The molecule has 1 aromatic heterocycles. The van der Waals surface area contributed by atoms with Gasteiger partial charge in [-0.3, -0.25) is 0 Å². The number of para-hydroxylation sites is 1. The average Bonchev–Trinajstić information content (AvgIpc) is 3.79. The molecule has 0 atom stereocenters. The highest BCUT2D eigenvalue weighted by atomic mass is 16.3. The number of furan rings is 1. The van der Waals surface area contributed by atoms with Gasteiger partial charge >= 0.3 is 0 Å². The second-order valence-electron chi connectivity index (χ2n) is 17.2. The Morgan fingerprint density at radius 2 is 0.833 bits per heavy atom. The molecule has 66 heavy (non-hydrogen) atoms. The van der Waals surface area contributed by atoms with E-state index in [0.29, 0.717) is 0 Å². The number of hydrogen-bond acceptors (Lipinski definition) is 2. The van der Waals surface area contributed by atoms with Crippen LogP contribution in [0.25, 0.3) is 110 Å². The van der Waals surface area contributed by atoms with Crippen molar-refractivity contribution in [3.63, 3.8) is 0 Å². The van der Waals surface area contributed by atoms with Crippen molar-refractivity contribution < 1.29 is 4.42 Å². The Bertz CT molecular complexity index is 3960. The van der Waals surface area contributed by atoms with Crippen molar-refractivity contribution in [2.75, 3.05) is 4.90 Å². The molecule has 0 N–H and O–H groups in total. The molecule has 0 spiro atoms. The van der Waals surface area contributed by atoms with Gasteiger partial charge in [0.25, 0.3) is 0 Å². The highest BCUT2D eigenvalue weighted by Gasteiger charge is 2.23. The number of benzene rings is 12. The first-order valence-corrected chi connectivity index (χ1v) is 22.7. The first-order chi connectivity index (χ1) is 32.7. The number of hydrogen-bond donors (Lipinski definition) is 0. The summed E-state index contributed by atoms with van der Waals surface area (Å²) >= 11 is 0. The molecule has 0 saturated heterocycles. The number of nitrogens with zero attached hydrogens (tertiary/aromatic N) is 1. The van der Waals surface area contributed by atoms with Crippen molar-refractivity contribution in [3.05, 3.63) is 249 Å². The standard InChI is InChI=1S/C64H41NO/c1-2-16-44(17-3-1)51-21-6-7-22-52(51)47-19-14-20-50(40-47)65(61-38-37-53(48-30-29-42-15-4-5-18-45(42)39-48)64-63(61)59-27-12-13-28-62(59)66-64)49-34-31-43(32-35-49)46-33-36-58-56-25-9-8-23-54(56)55-24-10-11-26-57(55)60(58)41-46/h1-41H. The Hall–Kier alpha value is -8.72. The highest BCUT2D eigenvalue weighted by Crippen LogP contribution is 2.48. The van der Waals surface area contributed by atoms with Gasteiger partial charge in [-0.25, -0.2) is 0 Å². The van der Waals surface area contributed by atoms with Gasteiger partial charge in [-0.1, -0.05) is 194 Å². The topological polar surface area (TPSA) is 16.4 Å². The Morgan fingerprint density at radius 3 is 1.59 bits per heavy atom. The predicted molar refractivity (Wildman–Crippen MR) is 280 cm³/mol. The molecular formula is C64H41NO. The normalized spacial score (nSPS) is 11.6. The molecule has 0 radical (unpaired) electrons. The van der Waals surface area contributed by atoms with Crippen molar-refractivity contribution in [1.82, 2.24) is 0 Å². The summed E-state index contributed by atoms with van der Waals surface area (Å²) < 4.78 is 6.91. The SMILES string of the molecule is c1ccc(-c2ccccc2-c2cccc(N(c3ccc(-c4ccc5c6ccccc6c6ccccc6c5c4)cc3)c3ccc(-c4ccc5ccccc5c4)c4oc5ccccc5c34)c2)cc1. The van der Waals surface area contributed by atoms with Gasteiger partial charge < -0.3 is 9.32 Å². The van der Waals surface area contributed by atoms with Gasteiger partial charge in [0.15, 0.2) is 0 Å². The number of fused-ring (bicyclic) bond motifs is 10. The van der Waals surface area contributed by atoms with E-state index < -0.39 is 0 Å². The van der Waals surface area contributed by atoms with Crippen molar-refractivity contribution in [1.29, 1.82) is 0 Å². The summed E-state index contributed by atoms with van der Waals surface area (Å²) in [5.74, 6) is 0. The molecule has 0 aliphatic heterocycles. The van der Waals surface area contributed by atoms with Gasteiger partial charge in [-0.05, 0) is 137 Å². The lowest BCUT2D eigenvalue weighted by Crippen LogP contribution is -2.10. The predicted octanol–water partition coefficient (Wildman–Crippen LogP) is 18.3. The number of anilines is 3. The molecule has 2 nitrogen and oxygen atoms in total. The summed E-state index contributed by atoms with van der Waals surface area (Å²) in [6.45, 7) is 0. The van der Waals surface area contributed by atoms with Crippen LogP contribution in [0.2, 0.25) is 0 Å². The van der Waals surface area contributed by atoms with Crippen LogP contribution in [0.1, 0.15) is 0 Å². The zero-order valence-corrected chi connectivity index (χ0v) is 36.0. The highest BCUT2D eigenvalue weighted by molar-refractivity contribution is 6.26.